The molecular formula is C7H8F3NO2. The molecule has 0 bridgehead atoms. The fourth-order valence-corrected chi connectivity index (χ4v) is 1.21. The van der Waals surface area contributed by atoms with Crippen molar-refractivity contribution in [3.05, 3.63) is 0 Å². The molecule has 1 aliphatic rings. The van der Waals surface area contributed by atoms with Crippen molar-refractivity contribution < 1.29 is 22.8 Å². The van der Waals surface area contributed by atoms with E-state index in [1.165, 1.54) is 0 Å². The second kappa shape index (κ2) is 3.35. The van der Waals surface area contributed by atoms with Crippen LogP contribution in [-0.4, -0.2) is 24.4 Å². The molecule has 0 aromatic rings. The lowest BCUT2D eigenvalue weighted by molar-refractivity contribution is -0.158. The summed E-state index contributed by atoms with van der Waals surface area (Å²) in [4.78, 5) is 21.6. The molecule has 1 amide bonds. The van der Waals surface area contributed by atoms with Crippen molar-refractivity contribution in [3.8, 4) is 0 Å². The summed E-state index contributed by atoms with van der Waals surface area (Å²) in [6, 6.07) is 0. The van der Waals surface area contributed by atoms with Gasteiger partial charge in [0, 0.05) is 6.42 Å². The topological polar surface area (TPSA) is 46.2 Å². The van der Waals surface area contributed by atoms with Gasteiger partial charge in [0.05, 0.1) is 18.9 Å². The maximum absolute atomic E-state index is 11.8. The minimum Gasteiger partial charge on any atom is -0.349 e. The van der Waals surface area contributed by atoms with E-state index in [0.29, 0.717) is 0 Å². The zero-order chi connectivity index (χ0) is 10.1. The lowest BCUT2D eigenvalue weighted by Gasteiger charge is -2.21. The van der Waals surface area contributed by atoms with Gasteiger partial charge in [-0.1, -0.05) is 0 Å². The van der Waals surface area contributed by atoms with Crippen LogP contribution < -0.4 is 5.32 Å². The Bertz CT molecular complexity index is 236. The average Bonchev–Trinajstić information content (AvgIpc) is 1.94. The van der Waals surface area contributed by atoms with Gasteiger partial charge in [-0.15, -0.1) is 0 Å². The Morgan fingerprint density at radius 1 is 1.38 bits per heavy atom. The van der Waals surface area contributed by atoms with Crippen LogP contribution in [0.5, 0.6) is 0 Å². The minimum atomic E-state index is -4.39. The highest BCUT2D eigenvalue weighted by Gasteiger charge is 2.38. The Kier molecular flexibility index (Phi) is 2.58. The van der Waals surface area contributed by atoms with Crippen molar-refractivity contribution in [1.82, 2.24) is 5.32 Å². The highest BCUT2D eigenvalue weighted by atomic mass is 19.4. The standard InChI is InChI=1S/C7H8F3NO2/c8-7(9,10)2-4-1-5(12)3-11-6(4)13/h4H,1-3H2,(H,11,13). The van der Waals surface area contributed by atoms with Gasteiger partial charge < -0.3 is 5.32 Å². The van der Waals surface area contributed by atoms with Crippen molar-refractivity contribution in [2.45, 2.75) is 19.0 Å². The monoisotopic (exact) mass is 195 g/mol. The number of carbonyl (C=O) groups is 2. The van der Waals surface area contributed by atoms with Crippen molar-refractivity contribution in [3.63, 3.8) is 0 Å². The number of hydrogen-bond acceptors (Lipinski definition) is 2. The Hall–Kier alpha value is -1.07. The van der Waals surface area contributed by atoms with Crippen LogP contribution in [-0.2, 0) is 9.59 Å². The van der Waals surface area contributed by atoms with E-state index in [4.69, 9.17) is 0 Å². The first-order valence-electron chi connectivity index (χ1n) is 3.74. The molecule has 0 radical (unpaired) electrons. The molecule has 74 valence electrons. The first kappa shape index (κ1) is 10.0. The van der Waals surface area contributed by atoms with Crippen LogP contribution in [0.25, 0.3) is 0 Å². The van der Waals surface area contributed by atoms with Crippen molar-refractivity contribution in [2.24, 2.45) is 5.92 Å². The smallest absolute Gasteiger partial charge is 0.349 e. The molecule has 1 unspecified atom stereocenters. The molecule has 6 heteroatoms. The normalized spacial score (nSPS) is 24.4. The number of Topliss-reactive ketones (excluding diaryl/α,β-unsaturated/α-hetero) is 1. The predicted octanol–water partition coefficient (Wildman–Crippen LogP) is 0.644. The molecule has 1 atom stereocenters. The number of ketones is 1. The lowest BCUT2D eigenvalue weighted by atomic mass is 9.94. The molecule has 0 aliphatic carbocycles. The van der Waals surface area contributed by atoms with Gasteiger partial charge in [0.15, 0.2) is 5.78 Å². The minimum absolute atomic E-state index is 0.146. The van der Waals surface area contributed by atoms with E-state index in [2.05, 4.69) is 5.32 Å². The molecule has 1 rings (SSSR count). The zero-order valence-corrected chi connectivity index (χ0v) is 6.65. The Morgan fingerprint density at radius 3 is 2.54 bits per heavy atom. The molecule has 1 aliphatic heterocycles. The average molecular weight is 195 g/mol. The van der Waals surface area contributed by atoms with Gasteiger partial charge in [0.25, 0.3) is 0 Å². The summed E-state index contributed by atoms with van der Waals surface area (Å²) in [6.45, 7) is -0.146. The van der Waals surface area contributed by atoms with Crippen LogP contribution in [0.4, 0.5) is 13.2 Å². The molecule has 1 N–H and O–H groups in total. The third-order valence-electron chi connectivity index (χ3n) is 1.78. The molecule has 0 aromatic heterocycles. The number of nitrogens with one attached hydrogen (secondary N) is 1. The first-order chi connectivity index (χ1) is 5.88. The summed E-state index contributed by atoms with van der Waals surface area (Å²) in [7, 11) is 0. The maximum atomic E-state index is 11.8. The number of halogens is 3. The second-order valence-corrected chi connectivity index (χ2v) is 2.98. The molecule has 0 saturated carbocycles. The summed E-state index contributed by atoms with van der Waals surface area (Å²) in [5, 5.41) is 2.12. The van der Waals surface area contributed by atoms with Crippen LogP contribution in [0.3, 0.4) is 0 Å². The van der Waals surface area contributed by atoms with Gasteiger partial charge in [0.1, 0.15) is 0 Å². The van der Waals surface area contributed by atoms with E-state index in [0.717, 1.165) is 0 Å². The number of alkyl halides is 3. The fourth-order valence-electron chi connectivity index (χ4n) is 1.21. The lowest BCUT2D eigenvalue weighted by Crippen LogP contribution is -2.43. The Morgan fingerprint density at radius 2 is 2.00 bits per heavy atom. The number of hydrogen-bond donors (Lipinski definition) is 1. The highest BCUT2D eigenvalue weighted by Crippen LogP contribution is 2.27. The maximum Gasteiger partial charge on any atom is 0.389 e. The first-order valence-corrected chi connectivity index (χ1v) is 3.74. The quantitative estimate of drug-likeness (QED) is 0.667. The summed E-state index contributed by atoms with van der Waals surface area (Å²) >= 11 is 0. The zero-order valence-electron chi connectivity index (χ0n) is 6.65. The van der Waals surface area contributed by atoms with E-state index in [1.54, 1.807) is 0 Å². The Labute approximate surface area is 72.3 Å². The van der Waals surface area contributed by atoms with Gasteiger partial charge in [-0.05, 0) is 0 Å². The molecular weight excluding hydrogens is 187 g/mol. The number of rotatable bonds is 1. The fraction of sp³-hybridized carbons (Fsp3) is 0.714. The van der Waals surface area contributed by atoms with Crippen LogP contribution in [0.2, 0.25) is 0 Å². The molecule has 3 nitrogen and oxygen atoms in total. The number of amides is 1. The van der Waals surface area contributed by atoms with Crippen LogP contribution in [0.1, 0.15) is 12.8 Å². The summed E-state index contributed by atoms with van der Waals surface area (Å²) in [5.41, 5.74) is 0. The third-order valence-corrected chi connectivity index (χ3v) is 1.78. The second-order valence-electron chi connectivity index (χ2n) is 2.98. The number of carbonyl (C=O) groups excluding carboxylic acids is 2. The third kappa shape index (κ3) is 3.04. The van der Waals surface area contributed by atoms with E-state index in [9.17, 15) is 22.8 Å². The summed E-state index contributed by atoms with van der Waals surface area (Å²) in [6.07, 6.45) is -5.91. The number of piperidine rings is 1. The van der Waals surface area contributed by atoms with Gasteiger partial charge in [-0.25, -0.2) is 0 Å². The molecule has 0 spiro atoms. The van der Waals surface area contributed by atoms with E-state index in [-0.39, 0.29) is 18.7 Å². The predicted molar refractivity (Wildman–Crippen MR) is 36.8 cm³/mol. The molecule has 1 fully saturated rings. The van der Waals surface area contributed by atoms with Crippen LogP contribution in [0, 0.1) is 5.92 Å². The molecule has 1 heterocycles. The summed E-state index contributed by atoms with van der Waals surface area (Å²) < 4.78 is 35.5. The van der Waals surface area contributed by atoms with Crippen LogP contribution in [0.15, 0.2) is 0 Å². The van der Waals surface area contributed by atoms with Gasteiger partial charge in [-0.2, -0.15) is 13.2 Å². The van der Waals surface area contributed by atoms with Gasteiger partial charge in [-0.3, -0.25) is 9.59 Å². The van der Waals surface area contributed by atoms with Gasteiger partial charge >= 0.3 is 6.18 Å². The molecule has 0 aromatic carbocycles. The van der Waals surface area contributed by atoms with Crippen molar-refractivity contribution in [1.29, 1.82) is 0 Å². The SMILES string of the molecule is O=C1CNC(=O)C(CC(F)(F)F)C1. The van der Waals surface area contributed by atoms with Crippen molar-refractivity contribution >= 4 is 11.7 Å². The van der Waals surface area contributed by atoms with E-state index in [1.807, 2.05) is 0 Å². The van der Waals surface area contributed by atoms with Crippen LogP contribution >= 0.6 is 0 Å². The Balaban J connectivity index is 2.57. The van der Waals surface area contributed by atoms with E-state index >= 15 is 0 Å². The van der Waals surface area contributed by atoms with E-state index < -0.39 is 24.4 Å². The highest BCUT2D eigenvalue weighted by molar-refractivity contribution is 5.94. The largest absolute Gasteiger partial charge is 0.389 e. The summed E-state index contributed by atoms with van der Waals surface area (Å²) in [5.74, 6) is -2.27. The van der Waals surface area contributed by atoms with Crippen molar-refractivity contribution in [2.75, 3.05) is 6.54 Å². The molecule has 1 saturated heterocycles. The van der Waals surface area contributed by atoms with Gasteiger partial charge in [0.2, 0.25) is 5.91 Å². The molecule has 13 heavy (non-hydrogen) atoms.